The lowest BCUT2D eigenvalue weighted by Gasteiger charge is -2.60. The summed E-state index contributed by atoms with van der Waals surface area (Å²) in [5.74, 6) is 0.661. The van der Waals surface area contributed by atoms with Crippen LogP contribution in [0.3, 0.4) is 0 Å². The molecular weight excluding hydrogens is 292 g/mol. The first-order valence-electron chi connectivity index (χ1n) is 6.69. The lowest BCUT2D eigenvalue weighted by molar-refractivity contribution is -0.135. The summed E-state index contributed by atoms with van der Waals surface area (Å²) < 4.78 is 1.01. The molecule has 4 fully saturated rings. The topological polar surface area (TPSA) is 45.1 Å². The summed E-state index contributed by atoms with van der Waals surface area (Å²) in [6.45, 7) is 0. The molecule has 2 saturated carbocycles. The molecule has 1 aromatic rings. The maximum atomic E-state index is 10.7. The van der Waals surface area contributed by atoms with E-state index in [4.69, 9.17) is 0 Å². The van der Waals surface area contributed by atoms with E-state index in [0.717, 1.165) is 35.8 Å². The van der Waals surface area contributed by atoms with Gasteiger partial charge in [0.2, 0.25) is 0 Å². The van der Waals surface area contributed by atoms with Gasteiger partial charge in [0, 0.05) is 23.1 Å². The number of pyridine rings is 1. The lowest BCUT2D eigenvalue weighted by atomic mass is 9.56. The zero-order valence-electron chi connectivity index (χ0n) is 10.2. The van der Waals surface area contributed by atoms with Gasteiger partial charge >= 0.3 is 0 Å². The molecule has 0 aromatic carbocycles. The molecule has 1 aromatic heterocycles. The van der Waals surface area contributed by atoms with Crippen LogP contribution in [0.25, 0.3) is 0 Å². The number of rotatable bonds is 1. The predicted octanol–water partition coefficient (Wildman–Crippen LogP) is 2.34. The SMILES string of the molecule is OC12CC3CC(C1)NC(c1ccc(Br)cn1)(C3)C2. The van der Waals surface area contributed by atoms with E-state index in [1.54, 1.807) is 0 Å². The smallest absolute Gasteiger partial charge is 0.0686 e. The molecular formula is C14H17BrN2O. The molecule has 4 bridgehead atoms. The summed E-state index contributed by atoms with van der Waals surface area (Å²) in [5.41, 5.74) is 0.559. The first-order chi connectivity index (χ1) is 8.57. The molecule has 2 saturated heterocycles. The van der Waals surface area contributed by atoms with Crippen molar-refractivity contribution in [1.29, 1.82) is 0 Å². The number of hydrogen-bond acceptors (Lipinski definition) is 3. The Hall–Kier alpha value is -0.450. The van der Waals surface area contributed by atoms with E-state index in [1.807, 2.05) is 12.3 Å². The summed E-state index contributed by atoms with van der Waals surface area (Å²) in [7, 11) is 0. The Morgan fingerprint density at radius 3 is 2.89 bits per heavy atom. The van der Waals surface area contributed by atoms with E-state index in [1.165, 1.54) is 6.42 Å². The van der Waals surface area contributed by atoms with Crippen molar-refractivity contribution in [2.75, 3.05) is 0 Å². The van der Waals surface area contributed by atoms with Gasteiger partial charge in [0.1, 0.15) is 0 Å². The van der Waals surface area contributed by atoms with Crippen molar-refractivity contribution < 1.29 is 5.11 Å². The van der Waals surface area contributed by atoms with Crippen LogP contribution >= 0.6 is 15.9 Å². The first-order valence-corrected chi connectivity index (χ1v) is 7.48. The highest BCUT2D eigenvalue weighted by Gasteiger charge is 2.58. The Bertz CT molecular complexity index is 473. The van der Waals surface area contributed by atoms with Crippen LogP contribution in [-0.4, -0.2) is 21.7 Å². The summed E-state index contributed by atoms with van der Waals surface area (Å²) in [4.78, 5) is 4.58. The van der Waals surface area contributed by atoms with Gasteiger partial charge in [0.15, 0.2) is 0 Å². The number of piperidine rings is 2. The highest BCUT2D eigenvalue weighted by Crippen LogP contribution is 2.55. The zero-order valence-corrected chi connectivity index (χ0v) is 11.8. The van der Waals surface area contributed by atoms with Gasteiger partial charge in [-0.05, 0) is 59.7 Å². The maximum Gasteiger partial charge on any atom is 0.0686 e. The van der Waals surface area contributed by atoms with E-state index in [-0.39, 0.29) is 5.54 Å². The Kier molecular flexibility index (Phi) is 2.25. The van der Waals surface area contributed by atoms with Gasteiger partial charge in [-0.1, -0.05) is 0 Å². The molecule has 2 aliphatic heterocycles. The number of nitrogens with one attached hydrogen (secondary N) is 1. The van der Waals surface area contributed by atoms with Gasteiger partial charge in [-0.3, -0.25) is 4.98 Å². The van der Waals surface area contributed by atoms with Crippen LogP contribution in [0.4, 0.5) is 0 Å². The van der Waals surface area contributed by atoms with Gasteiger partial charge in [-0.2, -0.15) is 0 Å². The van der Waals surface area contributed by atoms with E-state index >= 15 is 0 Å². The highest BCUT2D eigenvalue weighted by atomic mass is 79.9. The summed E-state index contributed by atoms with van der Waals surface area (Å²) in [6, 6.07) is 4.61. The Morgan fingerprint density at radius 1 is 1.33 bits per heavy atom. The van der Waals surface area contributed by atoms with Gasteiger partial charge in [-0.15, -0.1) is 0 Å². The normalized spacial score (nSPS) is 45.4. The minimum absolute atomic E-state index is 0.0838. The van der Waals surface area contributed by atoms with Crippen LogP contribution in [-0.2, 0) is 5.54 Å². The third-order valence-corrected chi connectivity index (χ3v) is 5.35. The molecule has 2 aliphatic carbocycles. The third kappa shape index (κ3) is 1.59. The lowest BCUT2D eigenvalue weighted by Crippen LogP contribution is -2.68. The summed E-state index contributed by atoms with van der Waals surface area (Å²) in [5, 5.41) is 14.5. The molecule has 4 unspecified atom stereocenters. The van der Waals surface area contributed by atoms with Gasteiger partial charge < -0.3 is 10.4 Å². The highest BCUT2D eigenvalue weighted by molar-refractivity contribution is 9.10. The van der Waals surface area contributed by atoms with Crippen LogP contribution in [0.15, 0.2) is 22.8 Å². The minimum Gasteiger partial charge on any atom is -0.390 e. The largest absolute Gasteiger partial charge is 0.390 e. The van der Waals surface area contributed by atoms with E-state index in [2.05, 4.69) is 32.3 Å². The van der Waals surface area contributed by atoms with Crippen molar-refractivity contribution in [3.8, 4) is 0 Å². The zero-order chi connectivity index (χ0) is 12.4. The first kappa shape index (κ1) is 11.4. The summed E-state index contributed by atoms with van der Waals surface area (Å²) >= 11 is 3.43. The molecule has 4 heteroatoms. The quantitative estimate of drug-likeness (QED) is 0.837. The van der Waals surface area contributed by atoms with Crippen LogP contribution in [0.5, 0.6) is 0 Å². The number of halogens is 1. The molecule has 3 heterocycles. The molecule has 3 nitrogen and oxygen atoms in total. The molecule has 96 valence electrons. The second-order valence-electron chi connectivity index (χ2n) is 6.40. The van der Waals surface area contributed by atoms with E-state index < -0.39 is 5.60 Å². The fourth-order valence-corrected chi connectivity index (χ4v) is 4.85. The van der Waals surface area contributed by atoms with Gasteiger partial charge in [0.25, 0.3) is 0 Å². The van der Waals surface area contributed by atoms with Crippen molar-refractivity contribution in [1.82, 2.24) is 10.3 Å². The number of nitrogens with zero attached hydrogens (tertiary/aromatic N) is 1. The molecule has 5 rings (SSSR count). The number of aliphatic hydroxyl groups is 1. The second-order valence-corrected chi connectivity index (χ2v) is 7.32. The molecule has 0 radical (unpaired) electrons. The number of aromatic nitrogens is 1. The van der Waals surface area contributed by atoms with Crippen molar-refractivity contribution >= 4 is 15.9 Å². The third-order valence-electron chi connectivity index (χ3n) is 4.88. The Balaban J connectivity index is 1.77. The van der Waals surface area contributed by atoms with Crippen LogP contribution < -0.4 is 5.32 Å². The monoisotopic (exact) mass is 308 g/mol. The maximum absolute atomic E-state index is 10.7. The van der Waals surface area contributed by atoms with Gasteiger partial charge in [-0.25, -0.2) is 0 Å². The molecule has 0 spiro atoms. The molecule has 18 heavy (non-hydrogen) atoms. The summed E-state index contributed by atoms with van der Waals surface area (Å²) in [6.07, 6.45) is 6.94. The van der Waals surface area contributed by atoms with Crippen LogP contribution in [0.2, 0.25) is 0 Å². The average Bonchev–Trinajstić information content (AvgIpc) is 2.26. The van der Waals surface area contributed by atoms with E-state index in [0.29, 0.717) is 12.0 Å². The fraction of sp³-hybridized carbons (Fsp3) is 0.643. The van der Waals surface area contributed by atoms with Crippen molar-refractivity contribution in [2.45, 2.75) is 49.3 Å². The Morgan fingerprint density at radius 2 is 2.22 bits per heavy atom. The number of hydrogen-bond donors (Lipinski definition) is 2. The predicted molar refractivity (Wildman–Crippen MR) is 72.1 cm³/mol. The fourth-order valence-electron chi connectivity index (χ4n) is 4.61. The standard InChI is InChI=1S/C14H17BrN2O/c15-10-1-2-12(16-7-10)14-5-9-3-11(17-14)6-13(18,4-9)8-14/h1-2,7,9,11,17-18H,3-6,8H2. The molecule has 4 atom stereocenters. The minimum atomic E-state index is -0.453. The van der Waals surface area contributed by atoms with Crippen molar-refractivity contribution in [3.63, 3.8) is 0 Å². The Labute approximate surface area is 115 Å². The average molecular weight is 309 g/mol. The van der Waals surface area contributed by atoms with Crippen molar-refractivity contribution in [3.05, 3.63) is 28.5 Å². The molecule has 4 aliphatic rings. The van der Waals surface area contributed by atoms with Crippen LogP contribution in [0.1, 0.15) is 37.8 Å². The van der Waals surface area contributed by atoms with Crippen molar-refractivity contribution in [2.24, 2.45) is 5.92 Å². The van der Waals surface area contributed by atoms with Gasteiger partial charge in [0.05, 0.1) is 16.8 Å². The second kappa shape index (κ2) is 3.56. The molecule has 0 amide bonds. The van der Waals surface area contributed by atoms with Crippen LogP contribution in [0, 0.1) is 5.92 Å². The van der Waals surface area contributed by atoms with E-state index in [9.17, 15) is 5.11 Å². The molecule has 2 N–H and O–H groups in total.